The van der Waals surface area contributed by atoms with Crippen molar-refractivity contribution in [1.29, 1.82) is 0 Å². The van der Waals surface area contributed by atoms with Gasteiger partial charge in [0, 0.05) is 10.8 Å². The van der Waals surface area contributed by atoms with Crippen LogP contribution in [0, 0.1) is 0 Å². The highest BCUT2D eigenvalue weighted by molar-refractivity contribution is 8.01. The molecule has 0 bridgehead atoms. The van der Waals surface area contributed by atoms with Crippen LogP contribution in [0.25, 0.3) is 12.2 Å². The first kappa shape index (κ1) is 14.5. The third kappa shape index (κ3) is 5.33. The van der Waals surface area contributed by atoms with Gasteiger partial charge in [-0.2, -0.15) is 22.7 Å². The van der Waals surface area contributed by atoms with Gasteiger partial charge in [0.25, 0.3) is 0 Å². The first-order valence-electron chi connectivity index (χ1n) is 5.22. The number of hydrogen-bond donors (Lipinski definition) is 1. The van der Waals surface area contributed by atoms with Gasteiger partial charge in [0.05, 0.1) is 0 Å². The minimum Gasteiger partial charge on any atom is -0.237 e. The minimum absolute atomic E-state index is 0.986. The SMILES string of the molecule is O=S(C=Cc1ccsc1)NS(=O)C=Cc1ccsc1. The Morgan fingerprint density at radius 1 is 0.895 bits per heavy atom. The van der Waals surface area contributed by atoms with Gasteiger partial charge in [0.2, 0.25) is 0 Å². The van der Waals surface area contributed by atoms with E-state index in [1.165, 1.54) is 10.8 Å². The predicted molar refractivity (Wildman–Crippen MR) is 86.1 cm³/mol. The maximum atomic E-state index is 11.6. The summed E-state index contributed by atoms with van der Waals surface area (Å²) >= 11 is 3.14. The zero-order valence-corrected chi connectivity index (χ0v) is 13.0. The fourth-order valence-electron chi connectivity index (χ4n) is 1.16. The molecule has 0 saturated heterocycles. The molecule has 2 aromatic heterocycles. The van der Waals surface area contributed by atoms with Gasteiger partial charge >= 0.3 is 0 Å². The number of nitrogens with one attached hydrogen (secondary N) is 1. The molecule has 0 aliphatic rings. The van der Waals surface area contributed by atoms with Crippen LogP contribution in [0.15, 0.2) is 44.5 Å². The molecular weight excluding hydrogens is 318 g/mol. The zero-order valence-electron chi connectivity index (χ0n) is 9.72. The Hall–Kier alpha value is -0.860. The van der Waals surface area contributed by atoms with Crippen LogP contribution in [-0.4, -0.2) is 8.42 Å². The molecule has 7 heteroatoms. The van der Waals surface area contributed by atoms with E-state index in [1.807, 2.05) is 33.7 Å². The Morgan fingerprint density at radius 3 is 1.74 bits per heavy atom. The summed E-state index contributed by atoms with van der Waals surface area (Å²) in [6.07, 6.45) is 3.47. The molecule has 0 amide bonds. The molecule has 1 N–H and O–H groups in total. The van der Waals surface area contributed by atoms with E-state index in [1.54, 1.807) is 34.8 Å². The molecule has 2 heterocycles. The van der Waals surface area contributed by atoms with Gasteiger partial charge in [-0.3, -0.25) is 0 Å². The molecule has 2 atom stereocenters. The van der Waals surface area contributed by atoms with E-state index >= 15 is 0 Å². The Kier molecular flexibility index (Phi) is 5.87. The molecule has 0 spiro atoms. The summed E-state index contributed by atoms with van der Waals surface area (Å²) in [5.74, 6) is 0. The molecule has 19 heavy (non-hydrogen) atoms. The van der Waals surface area contributed by atoms with Crippen LogP contribution in [0.2, 0.25) is 0 Å². The molecule has 0 radical (unpaired) electrons. The number of hydrogen-bond acceptors (Lipinski definition) is 4. The second-order valence-corrected chi connectivity index (χ2v) is 7.36. The lowest BCUT2D eigenvalue weighted by Gasteiger charge is -1.95. The van der Waals surface area contributed by atoms with Crippen molar-refractivity contribution in [3.63, 3.8) is 0 Å². The Balaban J connectivity index is 1.83. The summed E-state index contributed by atoms with van der Waals surface area (Å²) in [5.41, 5.74) is 1.97. The highest BCUT2D eigenvalue weighted by atomic mass is 32.3. The normalized spacial score (nSPS) is 15.2. The van der Waals surface area contributed by atoms with Crippen LogP contribution in [-0.2, 0) is 22.0 Å². The first-order valence-corrected chi connectivity index (χ1v) is 9.53. The molecule has 3 nitrogen and oxygen atoms in total. The first-order chi connectivity index (χ1) is 9.24. The van der Waals surface area contributed by atoms with Crippen molar-refractivity contribution in [2.45, 2.75) is 0 Å². The molecule has 0 saturated carbocycles. The van der Waals surface area contributed by atoms with Crippen LogP contribution >= 0.6 is 22.7 Å². The van der Waals surface area contributed by atoms with Gasteiger partial charge < -0.3 is 0 Å². The third-order valence-corrected chi connectivity index (χ3v) is 5.50. The predicted octanol–water partition coefficient (Wildman–Crippen LogP) is 3.37. The topological polar surface area (TPSA) is 46.2 Å². The van der Waals surface area contributed by atoms with Crippen LogP contribution in [0.3, 0.4) is 0 Å². The lowest BCUT2D eigenvalue weighted by molar-refractivity contribution is 0.678. The van der Waals surface area contributed by atoms with Crippen LogP contribution in [0.1, 0.15) is 11.1 Å². The van der Waals surface area contributed by atoms with Crippen molar-refractivity contribution in [1.82, 2.24) is 4.13 Å². The van der Waals surface area contributed by atoms with E-state index in [0.717, 1.165) is 11.1 Å². The molecule has 2 rings (SSSR count). The minimum atomic E-state index is -1.46. The van der Waals surface area contributed by atoms with Crippen LogP contribution in [0.5, 0.6) is 0 Å². The summed E-state index contributed by atoms with van der Waals surface area (Å²) in [5, 5.41) is 10.7. The average molecular weight is 329 g/mol. The standard InChI is InChI=1S/C12H11NO2S4/c14-18(7-3-11-1-5-16-9-11)13-19(15)8-4-12-2-6-17-10-12/h1-10,13H. The lowest BCUT2D eigenvalue weighted by Crippen LogP contribution is -2.15. The highest BCUT2D eigenvalue weighted by Crippen LogP contribution is 2.09. The Bertz CT molecular complexity index is 545. The second kappa shape index (κ2) is 7.66. The molecule has 0 fully saturated rings. The molecule has 0 aliphatic heterocycles. The molecule has 0 aliphatic carbocycles. The molecule has 2 aromatic rings. The highest BCUT2D eigenvalue weighted by Gasteiger charge is 1.98. The van der Waals surface area contributed by atoms with E-state index in [4.69, 9.17) is 0 Å². The van der Waals surface area contributed by atoms with Gasteiger partial charge in [0.15, 0.2) is 0 Å². The third-order valence-electron chi connectivity index (χ3n) is 2.02. The van der Waals surface area contributed by atoms with E-state index in [0.29, 0.717) is 0 Å². The lowest BCUT2D eigenvalue weighted by atomic mass is 10.3. The largest absolute Gasteiger partial charge is 0.237 e. The maximum Gasteiger partial charge on any atom is 0.129 e. The van der Waals surface area contributed by atoms with Crippen LogP contribution < -0.4 is 4.13 Å². The Labute approximate surface area is 124 Å². The average Bonchev–Trinajstić information content (AvgIpc) is 3.07. The molecule has 2 unspecified atom stereocenters. The van der Waals surface area contributed by atoms with Crippen LogP contribution in [0.4, 0.5) is 0 Å². The smallest absolute Gasteiger partial charge is 0.129 e. The van der Waals surface area contributed by atoms with Crippen molar-refractivity contribution in [3.05, 3.63) is 55.6 Å². The second-order valence-electron chi connectivity index (χ2n) is 3.40. The van der Waals surface area contributed by atoms with Gasteiger partial charge in [-0.25, -0.2) is 8.42 Å². The van der Waals surface area contributed by atoms with Crippen molar-refractivity contribution >= 4 is 56.8 Å². The summed E-state index contributed by atoms with van der Waals surface area (Å²) in [4.78, 5) is 0. The van der Waals surface area contributed by atoms with Crippen molar-refractivity contribution in [2.75, 3.05) is 0 Å². The number of thiophene rings is 2. The van der Waals surface area contributed by atoms with E-state index in [-0.39, 0.29) is 0 Å². The van der Waals surface area contributed by atoms with Gasteiger partial charge in [-0.15, -0.1) is 4.13 Å². The zero-order chi connectivity index (χ0) is 13.5. The summed E-state index contributed by atoms with van der Waals surface area (Å²) < 4.78 is 25.7. The van der Waals surface area contributed by atoms with Crippen molar-refractivity contribution in [2.24, 2.45) is 0 Å². The molecule has 0 aromatic carbocycles. The monoisotopic (exact) mass is 329 g/mol. The Morgan fingerprint density at radius 2 is 1.37 bits per heavy atom. The van der Waals surface area contributed by atoms with E-state index in [9.17, 15) is 8.42 Å². The van der Waals surface area contributed by atoms with Gasteiger partial charge in [-0.05, 0) is 56.9 Å². The summed E-state index contributed by atoms with van der Waals surface area (Å²) in [6, 6.07) is 3.84. The molecular formula is C12H11NO2S4. The maximum absolute atomic E-state index is 11.6. The van der Waals surface area contributed by atoms with Crippen molar-refractivity contribution < 1.29 is 8.42 Å². The fourth-order valence-corrected chi connectivity index (χ4v) is 4.07. The number of rotatable bonds is 6. The quantitative estimate of drug-likeness (QED) is 0.883. The molecule has 100 valence electrons. The summed E-state index contributed by atoms with van der Waals surface area (Å²) in [6.45, 7) is 0. The summed E-state index contributed by atoms with van der Waals surface area (Å²) in [7, 11) is -2.92. The van der Waals surface area contributed by atoms with Crippen molar-refractivity contribution in [3.8, 4) is 0 Å². The van der Waals surface area contributed by atoms with Gasteiger partial charge in [-0.1, -0.05) is 0 Å². The van der Waals surface area contributed by atoms with Gasteiger partial charge in [0.1, 0.15) is 22.0 Å². The fraction of sp³-hybridized carbons (Fsp3) is 0. The van der Waals surface area contributed by atoms with E-state index < -0.39 is 22.0 Å². The van der Waals surface area contributed by atoms with E-state index in [2.05, 4.69) is 4.13 Å².